The lowest BCUT2D eigenvalue weighted by atomic mass is 10.1. The van der Waals surface area contributed by atoms with E-state index in [-0.39, 0.29) is 17.7 Å². The topological polar surface area (TPSA) is 96.5 Å². The van der Waals surface area contributed by atoms with Crippen LogP contribution in [0.15, 0.2) is 144 Å². The lowest BCUT2D eigenvalue weighted by Crippen LogP contribution is -2.22. The molecule has 3 N–H and O–H groups in total. The van der Waals surface area contributed by atoms with Crippen LogP contribution in [-0.4, -0.2) is 30.9 Å². The molecule has 0 radical (unpaired) electrons. The molecule has 2 aliphatic heterocycles. The SMILES string of the molecule is C=C1CCCCNC1=O.C=C1CONC1=O.C=CC(=O)Nc1ccc2ccccc2c1.C=Cc1ccccc1Sc1ccccc1CC. The largest absolute Gasteiger partial charge is 0.352 e. The molecule has 4 aromatic rings. The molecule has 4 aromatic carbocycles. The standard InChI is InChI=1S/C16H16S.C13H11NO.C7H11NO.C4H5NO2/c1-3-13-9-5-7-11-15(13)17-16-12-8-6-10-14(16)4-2;1-2-13(15)14-12-8-7-10-5-3-4-6-11(10)9-12;1-6-4-2-3-5-8-7(6)9;1-3-2-7-5-4(3)6/h3,5-12H,1,4H2,2H3;2-9H,1H2,(H,14,15);1-5H2,(H,8,9);1-2H2,(H,5,6). The second-order valence-corrected chi connectivity index (χ2v) is 11.8. The van der Waals surface area contributed by atoms with E-state index in [1.807, 2.05) is 66.4 Å². The highest BCUT2D eigenvalue weighted by molar-refractivity contribution is 7.99. The molecule has 0 atom stereocenters. The number of amides is 3. The molecule has 0 saturated carbocycles. The first-order valence-corrected chi connectivity index (χ1v) is 16.5. The van der Waals surface area contributed by atoms with E-state index in [4.69, 9.17) is 0 Å². The molecule has 2 saturated heterocycles. The van der Waals surface area contributed by atoms with Crippen molar-refractivity contribution < 1.29 is 19.2 Å². The highest BCUT2D eigenvalue weighted by Gasteiger charge is 2.13. The van der Waals surface area contributed by atoms with Crippen molar-refractivity contribution >= 4 is 52.0 Å². The summed E-state index contributed by atoms with van der Waals surface area (Å²) in [7, 11) is 0. The van der Waals surface area contributed by atoms with Crippen LogP contribution >= 0.6 is 11.8 Å². The van der Waals surface area contributed by atoms with E-state index in [1.165, 1.54) is 27.0 Å². The summed E-state index contributed by atoms with van der Waals surface area (Å²) in [6, 6.07) is 30.8. The first-order chi connectivity index (χ1) is 23.2. The molecule has 2 heterocycles. The highest BCUT2D eigenvalue weighted by Crippen LogP contribution is 2.33. The van der Waals surface area contributed by atoms with Crippen LogP contribution in [0, 0.1) is 0 Å². The van der Waals surface area contributed by atoms with Gasteiger partial charge in [-0.3, -0.25) is 19.2 Å². The van der Waals surface area contributed by atoms with Crippen LogP contribution in [-0.2, 0) is 25.6 Å². The molecule has 0 unspecified atom stereocenters. The van der Waals surface area contributed by atoms with Gasteiger partial charge in [-0.05, 0) is 77.9 Å². The number of hydrogen-bond acceptors (Lipinski definition) is 5. The fourth-order valence-electron chi connectivity index (χ4n) is 4.45. The number of aryl methyl sites for hydroxylation is 1. The summed E-state index contributed by atoms with van der Waals surface area (Å²) < 4.78 is 0. The Balaban J connectivity index is 0.000000183. The summed E-state index contributed by atoms with van der Waals surface area (Å²) in [5.41, 5.74) is 6.73. The van der Waals surface area contributed by atoms with E-state index < -0.39 is 0 Å². The molecule has 6 rings (SSSR count). The molecule has 0 spiro atoms. The summed E-state index contributed by atoms with van der Waals surface area (Å²) in [4.78, 5) is 39.2. The normalized spacial score (nSPS) is 13.5. The number of carbonyl (C=O) groups excluding carboxylic acids is 3. The van der Waals surface area contributed by atoms with Crippen molar-refractivity contribution in [2.24, 2.45) is 0 Å². The van der Waals surface area contributed by atoms with Gasteiger partial charge in [-0.1, -0.05) is 118 Å². The van der Waals surface area contributed by atoms with Gasteiger partial charge in [-0.15, -0.1) is 0 Å². The monoisotopic (exact) mass is 661 g/mol. The Morgan fingerprint density at radius 3 is 2.19 bits per heavy atom. The average Bonchev–Trinajstić information content (AvgIpc) is 3.39. The van der Waals surface area contributed by atoms with Crippen LogP contribution in [0.25, 0.3) is 16.8 Å². The van der Waals surface area contributed by atoms with Crippen molar-refractivity contribution in [3.63, 3.8) is 0 Å². The van der Waals surface area contributed by atoms with Gasteiger partial charge in [0.15, 0.2) is 0 Å². The molecule has 7 nitrogen and oxygen atoms in total. The van der Waals surface area contributed by atoms with Gasteiger partial charge < -0.3 is 10.6 Å². The molecule has 48 heavy (non-hydrogen) atoms. The third-order valence-electron chi connectivity index (χ3n) is 7.16. The van der Waals surface area contributed by atoms with Crippen molar-refractivity contribution in [3.8, 4) is 0 Å². The van der Waals surface area contributed by atoms with E-state index in [0.29, 0.717) is 12.2 Å². The minimum atomic E-state index is -0.208. The molecule has 2 aliphatic rings. The molecule has 3 amide bonds. The second-order valence-electron chi connectivity index (χ2n) is 10.7. The summed E-state index contributed by atoms with van der Waals surface area (Å²) >= 11 is 1.82. The fourth-order valence-corrected chi connectivity index (χ4v) is 5.59. The lowest BCUT2D eigenvalue weighted by Gasteiger charge is -2.09. The number of benzene rings is 4. The zero-order valence-electron chi connectivity index (χ0n) is 27.4. The van der Waals surface area contributed by atoms with Crippen LogP contribution in [0.1, 0.15) is 37.3 Å². The second kappa shape index (κ2) is 20.1. The van der Waals surface area contributed by atoms with Gasteiger partial charge >= 0.3 is 0 Å². The molecule has 248 valence electrons. The number of fused-ring (bicyclic) bond motifs is 1. The van der Waals surface area contributed by atoms with E-state index in [9.17, 15) is 14.4 Å². The van der Waals surface area contributed by atoms with Crippen molar-refractivity contribution in [2.45, 2.75) is 42.4 Å². The van der Waals surface area contributed by atoms with Crippen LogP contribution in [0.2, 0.25) is 0 Å². The van der Waals surface area contributed by atoms with E-state index in [0.717, 1.165) is 54.3 Å². The Morgan fingerprint density at radius 1 is 0.854 bits per heavy atom. The first-order valence-electron chi connectivity index (χ1n) is 15.7. The van der Waals surface area contributed by atoms with Gasteiger partial charge in [0.2, 0.25) is 11.8 Å². The third-order valence-corrected chi connectivity index (χ3v) is 8.37. The highest BCUT2D eigenvalue weighted by atomic mass is 32.2. The predicted octanol–water partition coefficient (Wildman–Crippen LogP) is 8.45. The molecular formula is C40H43N3O4S. The van der Waals surface area contributed by atoms with Crippen LogP contribution in [0.3, 0.4) is 0 Å². The van der Waals surface area contributed by atoms with Crippen molar-refractivity contribution in [1.82, 2.24) is 10.8 Å². The van der Waals surface area contributed by atoms with Crippen molar-refractivity contribution in [1.29, 1.82) is 0 Å². The molecular weight excluding hydrogens is 619 g/mol. The third kappa shape index (κ3) is 12.2. The number of carbonyl (C=O) groups is 3. The molecule has 2 fully saturated rings. The number of nitrogens with one attached hydrogen (secondary N) is 3. The Hall–Kier alpha value is -5.18. The van der Waals surface area contributed by atoms with Crippen LogP contribution in [0.4, 0.5) is 5.69 Å². The van der Waals surface area contributed by atoms with Gasteiger partial charge in [-0.2, -0.15) is 0 Å². The summed E-state index contributed by atoms with van der Waals surface area (Å²) in [5.74, 6) is -0.363. The quantitative estimate of drug-likeness (QED) is 0.180. The number of rotatable bonds is 6. The Kier molecular flexibility index (Phi) is 15.6. The molecule has 0 bridgehead atoms. The van der Waals surface area contributed by atoms with Gasteiger partial charge in [0, 0.05) is 33.2 Å². The van der Waals surface area contributed by atoms with Crippen LogP contribution < -0.4 is 16.1 Å². The van der Waals surface area contributed by atoms with Gasteiger partial charge in [0.25, 0.3) is 5.91 Å². The van der Waals surface area contributed by atoms with Crippen molar-refractivity contribution in [3.05, 3.63) is 146 Å². The van der Waals surface area contributed by atoms with Gasteiger partial charge in [0.1, 0.15) is 6.61 Å². The number of anilines is 1. The molecule has 0 aliphatic carbocycles. The van der Waals surface area contributed by atoms with Crippen molar-refractivity contribution in [2.75, 3.05) is 18.5 Å². The van der Waals surface area contributed by atoms with E-state index in [2.05, 4.69) is 96.7 Å². The lowest BCUT2D eigenvalue weighted by molar-refractivity contribution is -0.122. The number of hydrogen-bond donors (Lipinski definition) is 3. The minimum absolute atomic E-state index is 0.0347. The predicted molar refractivity (Wildman–Crippen MR) is 198 cm³/mol. The molecule has 0 aromatic heterocycles. The maximum absolute atomic E-state index is 11.1. The maximum atomic E-state index is 11.1. The number of hydroxylamine groups is 1. The summed E-state index contributed by atoms with van der Waals surface area (Å²) in [5, 5.41) is 7.75. The zero-order valence-corrected chi connectivity index (χ0v) is 28.2. The smallest absolute Gasteiger partial charge is 0.272 e. The van der Waals surface area contributed by atoms with E-state index >= 15 is 0 Å². The average molecular weight is 662 g/mol. The van der Waals surface area contributed by atoms with E-state index in [1.54, 1.807) is 0 Å². The van der Waals surface area contributed by atoms with Gasteiger partial charge in [0.05, 0.1) is 0 Å². The zero-order chi connectivity index (χ0) is 34.7. The fraction of sp³-hybridized carbons (Fsp3) is 0.175. The minimum Gasteiger partial charge on any atom is -0.352 e. The van der Waals surface area contributed by atoms with Gasteiger partial charge in [-0.25, -0.2) is 5.48 Å². The maximum Gasteiger partial charge on any atom is 0.272 e. The molecule has 8 heteroatoms. The van der Waals surface area contributed by atoms with Crippen LogP contribution in [0.5, 0.6) is 0 Å². The Bertz CT molecular complexity index is 1730. The Labute approximate surface area is 287 Å². The Morgan fingerprint density at radius 2 is 1.54 bits per heavy atom. The summed E-state index contributed by atoms with van der Waals surface area (Å²) in [6.07, 6.45) is 7.29. The summed E-state index contributed by atoms with van der Waals surface area (Å²) in [6.45, 7) is 17.6. The first kappa shape index (κ1) is 37.3.